The maximum atomic E-state index is 12.5. The molecule has 2 rings (SSSR count). The molecule has 6 nitrogen and oxygen atoms in total. The van der Waals surface area contributed by atoms with E-state index < -0.39 is 10.0 Å². The zero-order chi connectivity index (χ0) is 21.4. The molecule has 0 radical (unpaired) electrons. The SMILES string of the molecule is CN=C(NCCc1ccccc1Cl)NCc1ccc(S(=O)(=O)N(C)C(C)C)cc1. The molecule has 0 aliphatic rings. The second-order valence-electron chi connectivity index (χ2n) is 6.95. The van der Waals surface area contributed by atoms with Gasteiger partial charge >= 0.3 is 0 Å². The van der Waals surface area contributed by atoms with Crippen LogP contribution in [0.2, 0.25) is 5.02 Å². The zero-order valence-electron chi connectivity index (χ0n) is 17.3. The van der Waals surface area contributed by atoms with Gasteiger partial charge in [-0.1, -0.05) is 41.9 Å². The van der Waals surface area contributed by atoms with E-state index in [2.05, 4.69) is 15.6 Å². The van der Waals surface area contributed by atoms with Gasteiger partial charge in [-0.15, -0.1) is 0 Å². The second kappa shape index (κ2) is 10.6. The van der Waals surface area contributed by atoms with E-state index in [4.69, 9.17) is 11.6 Å². The van der Waals surface area contributed by atoms with Crippen LogP contribution < -0.4 is 10.6 Å². The van der Waals surface area contributed by atoms with Gasteiger partial charge in [-0.2, -0.15) is 4.31 Å². The standard InChI is InChI=1S/C21H29ClN4O2S/c1-16(2)26(4)29(27,28)19-11-9-17(10-12-19)15-25-21(23-3)24-14-13-18-7-5-6-8-20(18)22/h5-12,16H,13-15H2,1-4H3,(H2,23,24,25). The highest BCUT2D eigenvalue weighted by Gasteiger charge is 2.22. The first kappa shape index (κ1) is 23.2. The van der Waals surface area contributed by atoms with Crippen molar-refractivity contribution in [3.63, 3.8) is 0 Å². The largest absolute Gasteiger partial charge is 0.356 e. The van der Waals surface area contributed by atoms with Gasteiger partial charge < -0.3 is 10.6 Å². The fourth-order valence-electron chi connectivity index (χ4n) is 2.65. The average Bonchev–Trinajstić information content (AvgIpc) is 2.71. The third-order valence-corrected chi connectivity index (χ3v) is 7.07. The summed E-state index contributed by atoms with van der Waals surface area (Å²) in [6.07, 6.45) is 0.788. The number of halogens is 1. The van der Waals surface area contributed by atoms with Gasteiger partial charge in [0.05, 0.1) is 4.90 Å². The third-order valence-electron chi connectivity index (χ3n) is 4.66. The highest BCUT2D eigenvalue weighted by atomic mass is 35.5. The maximum Gasteiger partial charge on any atom is 0.243 e. The van der Waals surface area contributed by atoms with E-state index >= 15 is 0 Å². The van der Waals surface area contributed by atoms with Crippen molar-refractivity contribution in [2.75, 3.05) is 20.6 Å². The van der Waals surface area contributed by atoms with Gasteiger partial charge in [0.15, 0.2) is 5.96 Å². The quantitative estimate of drug-likeness (QED) is 0.492. The molecule has 0 saturated heterocycles. The topological polar surface area (TPSA) is 73.8 Å². The Morgan fingerprint density at radius 3 is 2.34 bits per heavy atom. The normalized spacial score (nSPS) is 12.4. The Bertz CT molecular complexity index is 928. The van der Waals surface area contributed by atoms with Crippen LogP contribution in [-0.4, -0.2) is 45.4 Å². The van der Waals surface area contributed by atoms with Crippen LogP contribution in [-0.2, 0) is 23.0 Å². The van der Waals surface area contributed by atoms with E-state index in [0.29, 0.717) is 23.9 Å². The molecule has 0 aliphatic carbocycles. The second-order valence-corrected chi connectivity index (χ2v) is 9.36. The number of hydrogen-bond donors (Lipinski definition) is 2. The molecule has 158 valence electrons. The number of rotatable bonds is 8. The van der Waals surface area contributed by atoms with Crippen molar-refractivity contribution in [3.8, 4) is 0 Å². The highest BCUT2D eigenvalue weighted by molar-refractivity contribution is 7.89. The van der Waals surface area contributed by atoms with Crippen molar-refractivity contribution >= 4 is 27.6 Å². The predicted molar refractivity (Wildman–Crippen MR) is 120 cm³/mol. The molecular formula is C21H29ClN4O2S. The van der Waals surface area contributed by atoms with Crippen molar-refractivity contribution in [2.24, 2.45) is 4.99 Å². The monoisotopic (exact) mass is 436 g/mol. The summed E-state index contributed by atoms with van der Waals surface area (Å²) < 4.78 is 26.4. The molecule has 8 heteroatoms. The lowest BCUT2D eigenvalue weighted by atomic mass is 10.1. The van der Waals surface area contributed by atoms with Gasteiger partial charge in [-0.05, 0) is 49.6 Å². The number of guanidine groups is 1. The van der Waals surface area contributed by atoms with Crippen LogP contribution in [0, 0.1) is 0 Å². The van der Waals surface area contributed by atoms with Crippen LogP contribution in [0.1, 0.15) is 25.0 Å². The van der Waals surface area contributed by atoms with Gasteiger partial charge in [0.1, 0.15) is 0 Å². The van der Waals surface area contributed by atoms with Crippen LogP contribution in [0.3, 0.4) is 0 Å². The first-order valence-corrected chi connectivity index (χ1v) is 11.3. The van der Waals surface area contributed by atoms with Crippen LogP contribution >= 0.6 is 11.6 Å². The van der Waals surface area contributed by atoms with Gasteiger partial charge in [0, 0.05) is 38.2 Å². The minimum Gasteiger partial charge on any atom is -0.356 e. The number of hydrogen-bond acceptors (Lipinski definition) is 3. The number of aliphatic imine (C=N–C) groups is 1. The number of nitrogens with one attached hydrogen (secondary N) is 2. The lowest BCUT2D eigenvalue weighted by Gasteiger charge is -2.21. The summed E-state index contributed by atoms with van der Waals surface area (Å²) in [6.45, 7) is 4.93. The molecule has 0 spiro atoms. The zero-order valence-corrected chi connectivity index (χ0v) is 18.9. The van der Waals surface area contributed by atoms with Crippen LogP contribution in [0.4, 0.5) is 0 Å². The smallest absolute Gasteiger partial charge is 0.243 e. The molecule has 0 unspecified atom stereocenters. The van der Waals surface area contributed by atoms with Gasteiger partial charge in [0.25, 0.3) is 0 Å². The van der Waals surface area contributed by atoms with Crippen molar-refractivity contribution in [1.82, 2.24) is 14.9 Å². The van der Waals surface area contributed by atoms with Gasteiger partial charge in [-0.25, -0.2) is 8.42 Å². The highest BCUT2D eigenvalue weighted by Crippen LogP contribution is 2.17. The number of nitrogens with zero attached hydrogens (tertiary/aromatic N) is 2. The molecule has 0 atom stereocenters. The molecular weight excluding hydrogens is 408 g/mol. The first-order chi connectivity index (χ1) is 13.8. The molecule has 2 aromatic rings. The summed E-state index contributed by atoms with van der Waals surface area (Å²) in [5, 5.41) is 7.25. The molecule has 0 bridgehead atoms. The summed E-state index contributed by atoms with van der Waals surface area (Å²) in [4.78, 5) is 4.51. The fourth-order valence-corrected chi connectivity index (χ4v) is 4.24. The molecule has 0 amide bonds. The lowest BCUT2D eigenvalue weighted by Crippen LogP contribution is -2.37. The van der Waals surface area contributed by atoms with E-state index in [0.717, 1.165) is 22.6 Å². The Morgan fingerprint density at radius 2 is 1.76 bits per heavy atom. The van der Waals surface area contributed by atoms with E-state index in [1.54, 1.807) is 26.2 Å². The molecule has 0 aliphatic heterocycles. The molecule has 0 heterocycles. The minimum atomic E-state index is -3.47. The molecule has 29 heavy (non-hydrogen) atoms. The molecule has 2 N–H and O–H groups in total. The Hall–Kier alpha value is -2.09. The molecule has 0 fully saturated rings. The van der Waals surface area contributed by atoms with Crippen molar-refractivity contribution in [3.05, 3.63) is 64.7 Å². The Labute approximate surface area is 179 Å². The summed E-state index contributed by atoms with van der Waals surface area (Å²) >= 11 is 6.18. The molecule has 0 aromatic heterocycles. The van der Waals surface area contributed by atoms with E-state index in [1.165, 1.54) is 4.31 Å². The van der Waals surface area contributed by atoms with Gasteiger partial charge in [0.2, 0.25) is 10.0 Å². The average molecular weight is 437 g/mol. The van der Waals surface area contributed by atoms with Crippen LogP contribution in [0.15, 0.2) is 58.4 Å². The van der Waals surface area contributed by atoms with Crippen molar-refractivity contribution in [1.29, 1.82) is 0 Å². The van der Waals surface area contributed by atoms with E-state index in [1.807, 2.05) is 50.2 Å². The molecule has 2 aromatic carbocycles. The van der Waals surface area contributed by atoms with E-state index in [-0.39, 0.29) is 6.04 Å². The van der Waals surface area contributed by atoms with Gasteiger partial charge in [-0.3, -0.25) is 4.99 Å². The third kappa shape index (κ3) is 6.45. The summed E-state index contributed by atoms with van der Waals surface area (Å²) in [5.41, 5.74) is 2.05. The first-order valence-electron chi connectivity index (χ1n) is 9.50. The lowest BCUT2D eigenvalue weighted by molar-refractivity contribution is 0.410. The summed E-state index contributed by atoms with van der Waals surface area (Å²) in [6, 6.07) is 14.6. The Morgan fingerprint density at radius 1 is 1.10 bits per heavy atom. The fraction of sp³-hybridized carbons (Fsp3) is 0.381. The molecule has 0 saturated carbocycles. The van der Waals surface area contributed by atoms with Crippen LogP contribution in [0.5, 0.6) is 0 Å². The summed E-state index contributed by atoms with van der Waals surface area (Å²) in [7, 11) is -0.165. The predicted octanol–water partition coefficient (Wildman–Crippen LogP) is 3.28. The van der Waals surface area contributed by atoms with Crippen LogP contribution in [0.25, 0.3) is 0 Å². The number of sulfonamides is 1. The number of benzene rings is 2. The summed E-state index contributed by atoms with van der Waals surface area (Å²) in [5.74, 6) is 0.674. The van der Waals surface area contributed by atoms with Crippen molar-refractivity contribution in [2.45, 2.75) is 37.8 Å². The van der Waals surface area contributed by atoms with Crippen molar-refractivity contribution < 1.29 is 8.42 Å². The Balaban J connectivity index is 1.89. The minimum absolute atomic E-state index is 0.0958. The van der Waals surface area contributed by atoms with E-state index in [9.17, 15) is 8.42 Å². The Kier molecular flexibility index (Phi) is 8.49. The maximum absolute atomic E-state index is 12.5.